The van der Waals surface area contributed by atoms with Crippen molar-refractivity contribution in [3.05, 3.63) is 154 Å². The Labute approximate surface area is 304 Å². The fraction of sp³-hybridized carbons (Fsp3) is 0.132. The van der Waals surface area contributed by atoms with E-state index in [4.69, 9.17) is 5.73 Å². The number of nitro groups is 1. The Hall–Kier alpha value is -6.45. The predicted molar refractivity (Wildman–Crippen MR) is 196 cm³/mol. The molecule has 0 aromatic heterocycles. The monoisotopic (exact) mass is 736 g/mol. The number of nitrogens with two attached hydrogens (primary N) is 1. The van der Waals surface area contributed by atoms with Gasteiger partial charge in [-0.15, -0.1) is 0 Å². The summed E-state index contributed by atoms with van der Waals surface area (Å²) in [7, 11) is -4.08. The number of benzene rings is 5. The molecule has 0 fully saturated rings. The highest BCUT2D eigenvalue weighted by molar-refractivity contribution is 7.92. The van der Waals surface area contributed by atoms with E-state index in [1.807, 2.05) is 0 Å². The average Bonchev–Trinajstić information content (AvgIpc) is 3.24. The van der Waals surface area contributed by atoms with Crippen molar-refractivity contribution in [1.82, 2.24) is 5.32 Å². The van der Waals surface area contributed by atoms with Crippen molar-refractivity contribution < 1.29 is 32.1 Å². The SMILES string of the molecule is NCc1ccc(N2C(=O)C(CC(=O)NCc3ccccc3F)C(=O)N(Cc3ccc(NS(=O)(=O)c4ccc([N+](=O)[O-])cc4)cc3)c3ccccc32)cc1. The van der Waals surface area contributed by atoms with Crippen LogP contribution < -0.4 is 25.6 Å². The van der Waals surface area contributed by atoms with E-state index >= 15 is 0 Å². The second kappa shape index (κ2) is 15.4. The van der Waals surface area contributed by atoms with Crippen molar-refractivity contribution in [2.75, 3.05) is 14.5 Å². The van der Waals surface area contributed by atoms with Crippen LogP contribution in [0.3, 0.4) is 0 Å². The summed E-state index contributed by atoms with van der Waals surface area (Å²) in [6.45, 7) is 0.0834. The maximum absolute atomic E-state index is 14.4. The van der Waals surface area contributed by atoms with Gasteiger partial charge in [0.15, 0.2) is 0 Å². The third kappa shape index (κ3) is 8.06. The topological polar surface area (TPSA) is 185 Å². The number of carbonyl (C=O) groups is 3. The van der Waals surface area contributed by atoms with Gasteiger partial charge in [0, 0.05) is 48.6 Å². The number of para-hydroxylation sites is 2. The lowest BCUT2D eigenvalue weighted by Gasteiger charge is -2.26. The number of fused-ring (bicyclic) bond motifs is 1. The maximum atomic E-state index is 14.4. The number of sulfonamides is 1. The van der Waals surface area contributed by atoms with Gasteiger partial charge in [0.2, 0.25) is 17.7 Å². The van der Waals surface area contributed by atoms with Gasteiger partial charge >= 0.3 is 0 Å². The molecule has 0 radical (unpaired) electrons. The van der Waals surface area contributed by atoms with Crippen LogP contribution in [0, 0.1) is 21.8 Å². The van der Waals surface area contributed by atoms with E-state index in [1.165, 1.54) is 40.1 Å². The molecule has 0 spiro atoms. The summed E-state index contributed by atoms with van der Waals surface area (Å²) >= 11 is 0. The van der Waals surface area contributed by atoms with Crippen molar-refractivity contribution in [1.29, 1.82) is 0 Å². The van der Waals surface area contributed by atoms with Gasteiger partial charge in [-0.1, -0.05) is 54.6 Å². The van der Waals surface area contributed by atoms with Gasteiger partial charge in [0.25, 0.3) is 15.7 Å². The maximum Gasteiger partial charge on any atom is 0.269 e. The molecule has 1 atom stereocenters. The minimum Gasteiger partial charge on any atom is -0.352 e. The lowest BCUT2D eigenvalue weighted by molar-refractivity contribution is -0.384. The van der Waals surface area contributed by atoms with Gasteiger partial charge in [0.1, 0.15) is 11.7 Å². The predicted octanol–water partition coefficient (Wildman–Crippen LogP) is 5.53. The zero-order valence-corrected chi connectivity index (χ0v) is 28.8. The summed E-state index contributed by atoms with van der Waals surface area (Å²) in [5.74, 6) is -3.89. The zero-order chi connectivity index (χ0) is 37.7. The standard InChI is InChI=1S/C38H33FN6O7S/c39-33-6-2-1-5-27(33)23-41-36(46)21-32-37(47)43(34-7-3-4-8-35(34)44(38(32)48)29-15-11-25(22-40)12-16-29)24-26-9-13-28(14-10-26)42-53(51,52)31-19-17-30(18-20-31)45(49)50/h1-20,32,42H,21-24,40H2,(H,41,46). The average molecular weight is 737 g/mol. The molecule has 13 nitrogen and oxygen atoms in total. The van der Waals surface area contributed by atoms with E-state index in [1.54, 1.807) is 66.7 Å². The van der Waals surface area contributed by atoms with Crippen molar-refractivity contribution in [2.45, 2.75) is 31.0 Å². The van der Waals surface area contributed by atoms with Gasteiger partial charge in [-0.2, -0.15) is 0 Å². The normalized spacial score (nSPS) is 14.3. The molecule has 1 aliphatic heterocycles. The molecule has 0 aliphatic carbocycles. The van der Waals surface area contributed by atoms with Crippen LogP contribution in [0.1, 0.15) is 23.1 Å². The van der Waals surface area contributed by atoms with Crippen molar-refractivity contribution >= 4 is 56.2 Å². The van der Waals surface area contributed by atoms with Crippen LogP contribution in [0.4, 0.5) is 32.8 Å². The Morgan fingerprint density at radius 3 is 2.08 bits per heavy atom. The molecular formula is C38H33FN6O7S. The molecule has 1 unspecified atom stereocenters. The first kappa shape index (κ1) is 36.3. The van der Waals surface area contributed by atoms with E-state index in [0.29, 0.717) is 22.6 Å². The summed E-state index contributed by atoms with van der Waals surface area (Å²) < 4.78 is 42.6. The molecule has 1 aliphatic rings. The molecule has 15 heteroatoms. The van der Waals surface area contributed by atoms with Crippen molar-refractivity contribution in [2.24, 2.45) is 11.7 Å². The van der Waals surface area contributed by atoms with Gasteiger partial charge in [0.05, 0.1) is 27.7 Å². The fourth-order valence-corrected chi connectivity index (χ4v) is 6.93. The van der Waals surface area contributed by atoms with Gasteiger partial charge in [-0.25, -0.2) is 12.8 Å². The molecule has 6 rings (SSSR count). The zero-order valence-electron chi connectivity index (χ0n) is 28.0. The van der Waals surface area contributed by atoms with Crippen LogP contribution in [0.15, 0.2) is 126 Å². The molecule has 0 bridgehead atoms. The Bertz CT molecular complexity index is 2290. The van der Waals surface area contributed by atoms with E-state index in [2.05, 4.69) is 10.0 Å². The summed E-state index contributed by atoms with van der Waals surface area (Å²) in [4.78, 5) is 55.1. The summed E-state index contributed by atoms with van der Waals surface area (Å²) in [6.07, 6.45) is -0.517. The van der Waals surface area contributed by atoms with Crippen LogP contribution in [0.25, 0.3) is 0 Å². The summed E-state index contributed by atoms with van der Waals surface area (Å²) in [6, 6.07) is 30.4. The van der Waals surface area contributed by atoms with E-state index < -0.39 is 50.8 Å². The van der Waals surface area contributed by atoms with Crippen LogP contribution in [-0.2, 0) is 44.0 Å². The molecule has 0 saturated carbocycles. The molecule has 5 aromatic carbocycles. The Morgan fingerprint density at radius 2 is 1.43 bits per heavy atom. The number of halogens is 1. The molecule has 53 heavy (non-hydrogen) atoms. The third-order valence-electron chi connectivity index (χ3n) is 8.65. The first-order valence-electron chi connectivity index (χ1n) is 16.3. The number of anilines is 4. The van der Waals surface area contributed by atoms with E-state index in [-0.39, 0.29) is 41.5 Å². The first-order chi connectivity index (χ1) is 25.4. The smallest absolute Gasteiger partial charge is 0.269 e. The number of nitrogens with one attached hydrogen (secondary N) is 2. The summed E-state index contributed by atoms with van der Waals surface area (Å²) in [5.41, 5.74) is 8.63. The highest BCUT2D eigenvalue weighted by Crippen LogP contribution is 2.40. The lowest BCUT2D eigenvalue weighted by atomic mass is 10.0. The lowest BCUT2D eigenvalue weighted by Crippen LogP contribution is -2.43. The van der Waals surface area contributed by atoms with Crippen LogP contribution >= 0.6 is 0 Å². The summed E-state index contributed by atoms with van der Waals surface area (Å²) in [5, 5.41) is 13.6. The van der Waals surface area contributed by atoms with Crippen LogP contribution in [-0.4, -0.2) is 31.1 Å². The minimum atomic E-state index is -4.08. The fourth-order valence-electron chi connectivity index (χ4n) is 5.87. The Morgan fingerprint density at radius 1 is 0.811 bits per heavy atom. The number of non-ortho nitro benzene ring substituents is 1. The molecular weight excluding hydrogens is 704 g/mol. The number of hydrogen-bond acceptors (Lipinski definition) is 8. The van der Waals surface area contributed by atoms with E-state index in [9.17, 15) is 37.3 Å². The molecule has 4 N–H and O–H groups in total. The molecule has 3 amide bonds. The van der Waals surface area contributed by atoms with Crippen molar-refractivity contribution in [3.63, 3.8) is 0 Å². The second-order valence-electron chi connectivity index (χ2n) is 12.1. The van der Waals surface area contributed by atoms with Crippen molar-refractivity contribution in [3.8, 4) is 0 Å². The number of nitrogens with zero attached hydrogens (tertiary/aromatic N) is 3. The second-order valence-corrected chi connectivity index (χ2v) is 13.8. The quantitative estimate of drug-likeness (QED) is 0.0848. The minimum absolute atomic E-state index is 0.0498. The number of amides is 3. The van der Waals surface area contributed by atoms with Gasteiger partial charge < -0.3 is 16.0 Å². The number of hydrogen-bond donors (Lipinski definition) is 3. The van der Waals surface area contributed by atoms with Gasteiger partial charge in [-0.3, -0.25) is 34.1 Å². The molecule has 270 valence electrons. The number of carbonyl (C=O) groups excluding carboxylic acids is 3. The van der Waals surface area contributed by atoms with Crippen LogP contribution in [0.5, 0.6) is 0 Å². The first-order valence-corrected chi connectivity index (χ1v) is 17.8. The number of nitro benzene ring substituents is 1. The Balaban J connectivity index is 1.30. The van der Waals surface area contributed by atoms with Gasteiger partial charge in [-0.05, 0) is 65.7 Å². The molecule has 1 heterocycles. The third-order valence-corrected chi connectivity index (χ3v) is 10.1. The molecule has 0 saturated heterocycles. The largest absolute Gasteiger partial charge is 0.352 e. The number of rotatable bonds is 12. The Kier molecular flexibility index (Phi) is 10.6. The highest BCUT2D eigenvalue weighted by atomic mass is 32.2. The van der Waals surface area contributed by atoms with E-state index in [0.717, 1.165) is 29.8 Å². The van der Waals surface area contributed by atoms with Crippen LogP contribution in [0.2, 0.25) is 0 Å². The highest BCUT2D eigenvalue weighted by Gasteiger charge is 2.42. The molecule has 5 aromatic rings.